The summed E-state index contributed by atoms with van der Waals surface area (Å²) in [5.74, 6) is -0.0369. The minimum Gasteiger partial charge on any atom is -0.437 e. The largest absolute Gasteiger partial charge is 0.437 e. The molecule has 3 rings (SSSR count). The lowest BCUT2D eigenvalue weighted by Crippen LogP contribution is -2.27. The first-order valence-electron chi connectivity index (χ1n) is 9.28. The van der Waals surface area contributed by atoms with Crippen LogP contribution in [-0.4, -0.2) is 17.4 Å². The highest BCUT2D eigenvalue weighted by Crippen LogP contribution is 2.35. The molecule has 2 aromatic carbocycles. The number of hydrogen-bond acceptors (Lipinski definition) is 5. The molecular formula is C21H14Cl3F3N4O3. The van der Waals surface area contributed by atoms with Crippen LogP contribution < -0.4 is 15.4 Å². The molecule has 3 aromatic rings. The summed E-state index contributed by atoms with van der Waals surface area (Å²) in [5.41, 5.74) is -0.0220. The SMILES string of the molecule is O=C(NC=NOCc1ccc(Cl)cc1Cl)Nc1cccc(Oc2ncc(C(F)(F)F)cc2Cl)c1. The molecule has 0 spiro atoms. The van der Waals surface area contributed by atoms with E-state index in [2.05, 4.69) is 20.8 Å². The molecule has 0 atom stereocenters. The van der Waals surface area contributed by atoms with Crippen molar-refractivity contribution in [3.05, 3.63) is 80.9 Å². The number of carbonyl (C=O) groups excluding carboxylic acids is 1. The highest BCUT2D eigenvalue weighted by molar-refractivity contribution is 6.35. The molecule has 0 radical (unpaired) electrons. The Morgan fingerprint density at radius 2 is 1.88 bits per heavy atom. The van der Waals surface area contributed by atoms with Crippen LogP contribution in [0.3, 0.4) is 0 Å². The predicted molar refractivity (Wildman–Crippen MR) is 123 cm³/mol. The van der Waals surface area contributed by atoms with Crippen LogP contribution in [0.5, 0.6) is 11.6 Å². The van der Waals surface area contributed by atoms with Gasteiger partial charge in [-0.15, -0.1) is 0 Å². The minimum absolute atomic E-state index is 0.0652. The molecule has 0 aliphatic heterocycles. The molecule has 34 heavy (non-hydrogen) atoms. The van der Waals surface area contributed by atoms with Gasteiger partial charge in [-0.05, 0) is 30.3 Å². The van der Waals surface area contributed by atoms with E-state index in [1.165, 1.54) is 12.1 Å². The van der Waals surface area contributed by atoms with Gasteiger partial charge in [0.15, 0.2) is 0 Å². The molecule has 1 aromatic heterocycles. The van der Waals surface area contributed by atoms with Gasteiger partial charge in [0.05, 0.1) is 5.56 Å². The Hall–Kier alpha value is -3.21. The summed E-state index contributed by atoms with van der Waals surface area (Å²) >= 11 is 17.7. The van der Waals surface area contributed by atoms with Gasteiger partial charge in [-0.1, -0.05) is 52.1 Å². The van der Waals surface area contributed by atoms with Gasteiger partial charge in [0.1, 0.15) is 23.7 Å². The number of amides is 2. The number of halogens is 6. The summed E-state index contributed by atoms with van der Waals surface area (Å²) in [6, 6.07) is 11.0. The van der Waals surface area contributed by atoms with Crippen molar-refractivity contribution >= 4 is 52.9 Å². The van der Waals surface area contributed by atoms with Crippen LogP contribution in [0.1, 0.15) is 11.1 Å². The topological polar surface area (TPSA) is 84.8 Å². The number of nitrogens with one attached hydrogen (secondary N) is 2. The van der Waals surface area contributed by atoms with Gasteiger partial charge in [0, 0.05) is 33.6 Å². The molecule has 0 fully saturated rings. The van der Waals surface area contributed by atoms with Crippen molar-refractivity contribution in [3.8, 4) is 11.6 Å². The molecule has 178 valence electrons. The Bertz CT molecular complexity index is 1210. The van der Waals surface area contributed by atoms with Crippen molar-refractivity contribution in [1.82, 2.24) is 10.3 Å². The molecule has 1 heterocycles. The number of anilines is 1. The van der Waals surface area contributed by atoms with Crippen LogP contribution in [0, 0.1) is 0 Å². The van der Waals surface area contributed by atoms with E-state index in [0.29, 0.717) is 33.6 Å². The Balaban J connectivity index is 1.51. The number of benzene rings is 2. The van der Waals surface area contributed by atoms with Crippen LogP contribution in [0.2, 0.25) is 15.1 Å². The summed E-state index contributed by atoms with van der Waals surface area (Å²) in [5, 5.41) is 9.05. The van der Waals surface area contributed by atoms with Crippen LogP contribution in [0.25, 0.3) is 0 Å². The number of aromatic nitrogens is 1. The van der Waals surface area contributed by atoms with Crippen molar-refractivity contribution < 1.29 is 27.5 Å². The number of alkyl halides is 3. The second kappa shape index (κ2) is 11.3. The van der Waals surface area contributed by atoms with Gasteiger partial charge >= 0.3 is 12.2 Å². The Morgan fingerprint density at radius 3 is 2.59 bits per heavy atom. The first-order valence-corrected chi connectivity index (χ1v) is 10.4. The van der Waals surface area contributed by atoms with Crippen molar-refractivity contribution in [1.29, 1.82) is 0 Å². The zero-order valence-electron chi connectivity index (χ0n) is 16.9. The second-order valence-electron chi connectivity index (χ2n) is 6.48. The number of ether oxygens (including phenoxy) is 1. The lowest BCUT2D eigenvalue weighted by molar-refractivity contribution is -0.137. The smallest absolute Gasteiger partial charge is 0.417 e. The van der Waals surface area contributed by atoms with Crippen molar-refractivity contribution in [3.63, 3.8) is 0 Å². The fourth-order valence-electron chi connectivity index (χ4n) is 2.44. The highest BCUT2D eigenvalue weighted by atomic mass is 35.5. The quantitative estimate of drug-likeness (QED) is 0.192. The molecule has 0 aliphatic carbocycles. The fourth-order valence-corrected chi connectivity index (χ4v) is 3.11. The zero-order chi connectivity index (χ0) is 24.7. The van der Waals surface area contributed by atoms with Crippen molar-refractivity contribution in [2.24, 2.45) is 5.16 Å². The number of urea groups is 1. The molecule has 13 heteroatoms. The van der Waals surface area contributed by atoms with E-state index >= 15 is 0 Å². The molecule has 2 amide bonds. The van der Waals surface area contributed by atoms with Crippen LogP contribution >= 0.6 is 34.8 Å². The van der Waals surface area contributed by atoms with E-state index in [1.807, 2.05) is 0 Å². The summed E-state index contributed by atoms with van der Waals surface area (Å²) in [6.07, 6.45) is -2.94. The van der Waals surface area contributed by atoms with Crippen molar-refractivity contribution in [2.45, 2.75) is 12.8 Å². The molecule has 0 aliphatic rings. The average Bonchev–Trinajstić information content (AvgIpc) is 2.76. The minimum atomic E-state index is -4.58. The lowest BCUT2D eigenvalue weighted by Gasteiger charge is -2.11. The third-order valence-electron chi connectivity index (χ3n) is 4.00. The van der Waals surface area contributed by atoms with E-state index in [0.717, 1.165) is 6.34 Å². The average molecular weight is 534 g/mol. The molecule has 0 saturated heterocycles. The third-order valence-corrected chi connectivity index (χ3v) is 4.86. The molecule has 0 bridgehead atoms. The number of pyridine rings is 1. The number of rotatable bonds is 7. The van der Waals surface area contributed by atoms with Gasteiger partial charge < -0.3 is 14.9 Å². The van der Waals surface area contributed by atoms with Gasteiger partial charge in [0.25, 0.3) is 0 Å². The second-order valence-corrected chi connectivity index (χ2v) is 7.73. The monoisotopic (exact) mass is 532 g/mol. The number of carbonyl (C=O) groups is 1. The highest BCUT2D eigenvalue weighted by Gasteiger charge is 2.31. The summed E-state index contributed by atoms with van der Waals surface area (Å²) in [6.45, 7) is 0.0652. The molecule has 7 nitrogen and oxygen atoms in total. The summed E-state index contributed by atoms with van der Waals surface area (Å²) < 4.78 is 43.6. The molecule has 0 unspecified atom stereocenters. The van der Waals surface area contributed by atoms with Gasteiger partial charge in [-0.25, -0.2) is 9.78 Å². The van der Waals surface area contributed by atoms with Gasteiger partial charge in [-0.2, -0.15) is 13.2 Å². The van der Waals surface area contributed by atoms with Crippen molar-refractivity contribution in [2.75, 3.05) is 5.32 Å². The first-order chi connectivity index (χ1) is 16.1. The number of nitrogens with zero attached hydrogens (tertiary/aromatic N) is 2. The zero-order valence-corrected chi connectivity index (χ0v) is 19.1. The fraction of sp³-hybridized carbons (Fsp3) is 0.0952. The van der Waals surface area contributed by atoms with Crippen LogP contribution in [0.15, 0.2) is 59.9 Å². The predicted octanol–water partition coefficient (Wildman–Crippen LogP) is 7.13. The number of oxime groups is 1. The van der Waals surface area contributed by atoms with E-state index in [1.54, 1.807) is 30.3 Å². The van der Waals surface area contributed by atoms with E-state index in [-0.39, 0.29) is 23.3 Å². The maximum Gasteiger partial charge on any atom is 0.417 e. The molecular weight excluding hydrogens is 520 g/mol. The molecule has 2 N–H and O–H groups in total. The third kappa shape index (κ3) is 7.41. The summed E-state index contributed by atoms with van der Waals surface area (Å²) in [4.78, 5) is 20.7. The van der Waals surface area contributed by atoms with Crippen LogP contribution in [0.4, 0.5) is 23.7 Å². The van der Waals surface area contributed by atoms with E-state index < -0.39 is 17.8 Å². The van der Waals surface area contributed by atoms with Gasteiger partial charge in [0.2, 0.25) is 5.88 Å². The number of hydrogen-bond donors (Lipinski definition) is 2. The standard InChI is InChI=1S/C21H14Cl3F3N4O3/c22-14-5-4-12(17(23)7-14)10-33-30-11-29-20(32)31-15-2-1-3-16(8-15)34-19-18(24)6-13(9-28-19)21(25,26)27/h1-9,11H,10H2,(H2,29,30,31,32). The van der Waals surface area contributed by atoms with E-state index in [4.69, 9.17) is 44.4 Å². The Morgan fingerprint density at radius 1 is 1.09 bits per heavy atom. The Labute approximate surface area is 206 Å². The van der Waals surface area contributed by atoms with Crippen LogP contribution in [-0.2, 0) is 17.6 Å². The normalized spacial score (nSPS) is 11.4. The van der Waals surface area contributed by atoms with E-state index in [9.17, 15) is 18.0 Å². The maximum atomic E-state index is 12.7. The first kappa shape index (κ1) is 25.4. The molecule has 0 saturated carbocycles. The maximum absolute atomic E-state index is 12.7. The lowest BCUT2D eigenvalue weighted by atomic mass is 10.2. The summed E-state index contributed by atoms with van der Waals surface area (Å²) in [7, 11) is 0. The van der Waals surface area contributed by atoms with Gasteiger partial charge in [-0.3, -0.25) is 5.32 Å². The Kier molecular flexibility index (Phi) is 8.43.